The Bertz CT molecular complexity index is 724. The second-order valence-electron chi connectivity index (χ2n) is 6.47. The molecule has 134 valence electrons. The van der Waals surface area contributed by atoms with Crippen LogP contribution in [0.1, 0.15) is 23.5 Å². The van der Waals surface area contributed by atoms with Crippen LogP contribution >= 0.6 is 0 Å². The highest BCUT2D eigenvalue weighted by molar-refractivity contribution is 5.80. The summed E-state index contributed by atoms with van der Waals surface area (Å²) in [6, 6.07) is 8.08. The monoisotopic (exact) mass is 341 g/mol. The normalized spacial score (nSPS) is 17.8. The number of benzene rings is 1. The fourth-order valence-electron chi connectivity index (χ4n) is 3.25. The molecule has 3 rings (SSSR count). The SMILES string of the molecule is CN=C(NCCOc1ccccc1C)N1CCC(c2cnn(C)c2)C1. The molecule has 0 aliphatic carbocycles. The minimum Gasteiger partial charge on any atom is -0.491 e. The zero-order chi connectivity index (χ0) is 17.6. The van der Waals surface area contributed by atoms with E-state index in [1.807, 2.05) is 43.2 Å². The van der Waals surface area contributed by atoms with Crippen LogP contribution in [-0.2, 0) is 7.05 Å². The van der Waals surface area contributed by atoms with Gasteiger partial charge in [0.25, 0.3) is 0 Å². The molecule has 25 heavy (non-hydrogen) atoms. The standard InChI is InChI=1S/C19H27N5O/c1-15-6-4-5-7-18(15)25-11-9-21-19(20-2)24-10-8-16(14-24)17-12-22-23(3)13-17/h4-7,12-13,16H,8-11,14H2,1-3H3,(H,20,21). The van der Waals surface area contributed by atoms with Crippen LogP contribution in [0, 0.1) is 6.92 Å². The summed E-state index contributed by atoms with van der Waals surface area (Å²) in [5.41, 5.74) is 2.47. The number of rotatable bonds is 5. The summed E-state index contributed by atoms with van der Waals surface area (Å²) in [5.74, 6) is 2.41. The van der Waals surface area contributed by atoms with Gasteiger partial charge >= 0.3 is 0 Å². The minimum atomic E-state index is 0.524. The number of guanidine groups is 1. The predicted molar refractivity (Wildman–Crippen MR) is 100 cm³/mol. The van der Waals surface area contributed by atoms with E-state index in [-0.39, 0.29) is 0 Å². The third-order valence-electron chi connectivity index (χ3n) is 4.63. The molecular formula is C19H27N5O. The van der Waals surface area contributed by atoms with Gasteiger partial charge in [-0.25, -0.2) is 0 Å². The first-order chi connectivity index (χ1) is 12.2. The van der Waals surface area contributed by atoms with E-state index in [9.17, 15) is 0 Å². The Morgan fingerprint density at radius 3 is 2.96 bits per heavy atom. The Labute approximate surface area is 149 Å². The van der Waals surface area contributed by atoms with E-state index in [1.165, 1.54) is 5.56 Å². The van der Waals surface area contributed by atoms with Crippen molar-refractivity contribution in [3.63, 3.8) is 0 Å². The lowest BCUT2D eigenvalue weighted by Gasteiger charge is -2.21. The predicted octanol–water partition coefficient (Wildman–Crippen LogP) is 2.17. The molecule has 6 nitrogen and oxygen atoms in total. The maximum absolute atomic E-state index is 5.84. The number of hydrogen-bond donors (Lipinski definition) is 1. The molecule has 1 saturated heterocycles. The van der Waals surface area contributed by atoms with Crippen LogP contribution in [0.25, 0.3) is 0 Å². The largest absolute Gasteiger partial charge is 0.491 e. The van der Waals surface area contributed by atoms with Crippen molar-refractivity contribution in [1.82, 2.24) is 20.0 Å². The number of nitrogens with zero attached hydrogens (tertiary/aromatic N) is 4. The van der Waals surface area contributed by atoms with Gasteiger partial charge in [0.2, 0.25) is 0 Å². The Balaban J connectivity index is 1.46. The summed E-state index contributed by atoms with van der Waals surface area (Å²) in [5, 5.41) is 7.69. The molecule has 1 aromatic heterocycles. The first-order valence-corrected chi connectivity index (χ1v) is 8.80. The molecule has 0 bridgehead atoms. The summed E-state index contributed by atoms with van der Waals surface area (Å²) in [7, 11) is 3.80. The van der Waals surface area contributed by atoms with E-state index in [1.54, 1.807) is 0 Å². The Kier molecular flexibility index (Phi) is 5.58. The lowest BCUT2D eigenvalue weighted by Crippen LogP contribution is -2.41. The van der Waals surface area contributed by atoms with E-state index in [2.05, 4.69) is 39.5 Å². The maximum Gasteiger partial charge on any atom is 0.193 e. The third kappa shape index (κ3) is 4.32. The van der Waals surface area contributed by atoms with Gasteiger partial charge in [-0.05, 0) is 30.5 Å². The quantitative estimate of drug-likeness (QED) is 0.514. The van der Waals surface area contributed by atoms with Crippen molar-refractivity contribution < 1.29 is 4.74 Å². The lowest BCUT2D eigenvalue weighted by atomic mass is 10.0. The molecule has 1 atom stereocenters. The molecule has 0 radical (unpaired) electrons. The van der Waals surface area contributed by atoms with Gasteiger partial charge < -0.3 is 15.0 Å². The molecule has 1 fully saturated rings. The van der Waals surface area contributed by atoms with Crippen molar-refractivity contribution >= 4 is 5.96 Å². The second kappa shape index (κ2) is 8.05. The van der Waals surface area contributed by atoms with Gasteiger partial charge in [-0.3, -0.25) is 9.67 Å². The second-order valence-corrected chi connectivity index (χ2v) is 6.47. The highest BCUT2D eigenvalue weighted by Crippen LogP contribution is 2.26. The molecule has 2 heterocycles. The number of likely N-dealkylation sites (tertiary alicyclic amines) is 1. The van der Waals surface area contributed by atoms with Crippen LogP contribution in [-0.4, -0.2) is 53.9 Å². The van der Waals surface area contributed by atoms with Gasteiger partial charge in [-0.2, -0.15) is 5.10 Å². The summed E-state index contributed by atoms with van der Waals surface area (Å²) >= 11 is 0. The number of ether oxygens (including phenoxy) is 1. The van der Waals surface area contributed by atoms with Crippen molar-refractivity contribution in [1.29, 1.82) is 0 Å². The molecule has 0 amide bonds. The maximum atomic E-state index is 5.84. The van der Waals surface area contributed by atoms with Gasteiger partial charge in [0.05, 0.1) is 12.7 Å². The number of aromatic nitrogens is 2. The molecule has 6 heteroatoms. The third-order valence-corrected chi connectivity index (χ3v) is 4.63. The molecular weight excluding hydrogens is 314 g/mol. The van der Waals surface area contributed by atoms with E-state index < -0.39 is 0 Å². The first kappa shape index (κ1) is 17.3. The van der Waals surface area contributed by atoms with Crippen LogP contribution in [0.15, 0.2) is 41.7 Å². The Morgan fingerprint density at radius 2 is 2.24 bits per heavy atom. The number of nitrogens with one attached hydrogen (secondary N) is 1. The first-order valence-electron chi connectivity index (χ1n) is 8.80. The molecule has 0 saturated carbocycles. The topological polar surface area (TPSA) is 54.7 Å². The van der Waals surface area contributed by atoms with Gasteiger partial charge in [-0.15, -0.1) is 0 Å². The fourth-order valence-corrected chi connectivity index (χ4v) is 3.25. The summed E-state index contributed by atoms with van der Waals surface area (Å²) in [6.07, 6.45) is 5.22. The smallest absolute Gasteiger partial charge is 0.193 e. The molecule has 1 aliphatic heterocycles. The molecule has 2 aromatic rings. The average Bonchev–Trinajstić information content (AvgIpc) is 3.25. The highest BCUT2D eigenvalue weighted by atomic mass is 16.5. The van der Waals surface area contributed by atoms with Crippen LogP contribution in [0.4, 0.5) is 0 Å². The summed E-state index contributed by atoms with van der Waals surface area (Å²) in [4.78, 5) is 6.73. The molecule has 1 aromatic carbocycles. The van der Waals surface area contributed by atoms with Crippen molar-refractivity contribution in [3.8, 4) is 5.75 Å². The van der Waals surface area contributed by atoms with E-state index in [0.717, 1.165) is 43.3 Å². The Morgan fingerprint density at radius 1 is 1.40 bits per heavy atom. The average molecular weight is 341 g/mol. The number of para-hydroxylation sites is 1. The Hall–Kier alpha value is -2.50. The summed E-state index contributed by atoms with van der Waals surface area (Å²) in [6.45, 7) is 5.39. The number of aliphatic imine (C=N–C) groups is 1. The number of aryl methyl sites for hydroxylation is 2. The fraction of sp³-hybridized carbons (Fsp3) is 0.474. The highest BCUT2D eigenvalue weighted by Gasteiger charge is 2.26. The van der Waals surface area contributed by atoms with Crippen molar-refractivity contribution in [3.05, 3.63) is 47.8 Å². The van der Waals surface area contributed by atoms with Crippen molar-refractivity contribution in [2.24, 2.45) is 12.0 Å². The van der Waals surface area contributed by atoms with Crippen LogP contribution < -0.4 is 10.1 Å². The molecule has 0 spiro atoms. The van der Waals surface area contributed by atoms with E-state index in [4.69, 9.17) is 4.74 Å². The van der Waals surface area contributed by atoms with Crippen molar-refractivity contribution in [2.45, 2.75) is 19.3 Å². The van der Waals surface area contributed by atoms with E-state index >= 15 is 0 Å². The van der Waals surface area contributed by atoms with Crippen molar-refractivity contribution in [2.75, 3.05) is 33.3 Å². The summed E-state index contributed by atoms with van der Waals surface area (Å²) < 4.78 is 7.71. The zero-order valence-electron chi connectivity index (χ0n) is 15.3. The van der Waals surface area contributed by atoms with Gasteiger partial charge in [0.1, 0.15) is 12.4 Å². The van der Waals surface area contributed by atoms with Gasteiger partial charge in [-0.1, -0.05) is 18.2 Å². The van der Waals surface area contributed by atoms with Crippen LogP contribution in [0.3, 0.4) is 0 Å². The number of hydrogen-bond acceptors (Lipinski definition) is 3. The minimum absolute atomic E-state index is 0.524. The van der Waals surface area contributed by atoms with Gasteiger partial charge in [0, 0.05) is 39.3 Å². The van der Waals surface area contributed by atoms with Crippen LogP contribution in [0.5, 0.6) is 5.75 Å². The molecule has 1 N–H and O–H groups in total. The molecule has 1 aliphatic rings. The van der Waals surface area contributed by atoms with E-state index in [0.29, 0.717) is 12.5 Å². The molecule has 1 unspecified atom stereocenters. The van der Waals surface area contributed by atoms with Gasteiger partial charge in [0.15, 0.2) is 5.96 Å². The van der Waals surface area contributed by atoms with Crippen LogP contribution in [0.2, 0.25) is 0 Å². The lowest BCUT2D eigenvalue weighted by molar-refractivity contribution is 0.317. The zero-order valence-corrected chi connectivity index (χ0v) is 15.3.